The van der Waals surface area contributed by atoms with Crippen molar-refractivity contribution >= 4 is 6.03 Å². The standard InChI is InChI=1S/C26H46N2O3/c1-5-17-21-14-16(29)8-11-26(21,4)20-9-12-25(3)18(15(2)10-13-28-24(27)31)6-7-19(25)22(20)23(17)30/h15-23,29-30H,5-14H2,1-4H3,(H3,27,28,31)/t15-,16-,17-,18-,19+,20+,21+,22-,23-,25?,26?/m1/s1. The highest BCUT2D eigenvalue weighted by molar-refractivity contribution is 5.71. The monoisotopic (exact) mass is 434 g/mol. The van der Waals surface area contributed by atoms with Gasteiger partial charge in [0.15, 0.2) is 0 Å². The number of hydrogen-bond donors (Lipinski definition) is 4. The van der Waals surface area contributed by atoms with Crippen molar-refractivity contribution < 1.29 is 15.0 Å². The number of nitrogens with one attached hydrogen (secondary N) is 1. The Morgan fingerprint density at radius 2 is 1.74 bits per heavy atom. The van der Waals surface area contributed by atoms with Gasteiger partial charge >= 0.3 is 6.03 Å². The van der Waals surface area contributed by atoms with Gasteiger partial charge in [0, 0.05) is 6.54 Å². The van der Waals surface area contributed by atoms with Crippen LogP contribution in [0.1, 0.15) is 85.5 Å². The zero-order valence-electron chi connectivity index (χ0n) is 20.1. The molecule has 11 atom stereocenters. The van der Waals surface area contributed by atoms with Gasteiger partial charge in [-0.15, -0.1) is 0 Å². The Kier molecular flexibility index (Phi) is 6.42. The largest absolute Gasteiger partial charge is 0.393 e. The van der Waals surface area contributed by atoms with Crippen LogP contribution in [0.2, 0.25) is 0 Å². The maximum Gasteiger partial charge on any atom is 0.312 e. The Morgan fingerprint density at radius 3 is 2.42 bits per heavy atom. The molecule has 0 heterocycles. The minimum absolute atomic E-state index is 0.185. The first-order valence-corrected chi connectivity index (χ1v) is 13.0. The van der Waals surface area contributed by atoms with Crippen molar-refractivity contribution in [2.45, 2.75) is 97.7 Å². The summed E-state index contributed by atoms with van der Waals surface area (Å²) < 4.78 is 0. The number of carbonyl (C=O) groups excluding carboxylic acids is 1. The number of amides is 2. The molecule has 31 heavy (non-hydrogen) atoms. The summed E-state index contributed by atoms with van der Waals surface area (Å²) in [6, 6.07) is -0.431. The van der Waals surface area contributed by atoms with Crippen LogP contribution in [-0.4, -0.2) is 35.0 Å². The summed E-state index contributed by atoms with van der Waals surface area (Å²) >= 11 is 0. The molecular weight excluding hydrogens is 388 g/mol. The summed E-state index contributed by atoms with van der Waals surface area (Å²) in [7, 11) is 0. The molecule has 0 aromatic heterocycles. The maximum atomic E-state index is 11.7. The molecule has 0 aliphatic heterocycles. The van der Waals surface area contributed by atoms with Crippen molar-refractivity contribution in [1.82, 2.24) is 5.32 Å². The molecule has 5 nitrogen and oxygen atoms in total. The van der Waals surface area contributed by atoms with Gasteiger partial charge in [-0.3, -0.25) is 0 Å². The summed E-state index contributed by atoms with van der Waals surface area (Å²) in [4.78, 5) is 11.1. The van der Waals surface area contributed by atoms with Gasteiger partial charge in [-0.05, 0) is 104 Å². The van der Waals surface area contributed by atoms with Gasteiger partial charge in [0.1, 0.15) is 0 Å². The molecule has 4 fully saturated rings. The normalized spacial score (nSPS) is 50.1. The molecule has 0 saturated heterocycles. The molecule has 0 radical (unpaired) electrons. The van der Waals surface area contributed by atoms with E-state index in [1.54, 1.807) is 0 Å². The number of rotatable bonds is 5. The highest BCUT2D eigenvalue weighted by atomic mass is 16.3. The molecule has 4 saturated carbocycles. The lowest BCUT2D eigenvalue weighted by Crippen LogP contribution is -2.62. The van der Waals surface area contributed by atoms with Crippen molar-refractivity contribution in [3.63, 3.8) is 0 Å². The SMILES string of the molecule is CC[C@H]1[C@@H](O)[C@@H]2[C@@H]3CC[C@H]([C@H](C)CCNC(N)=O)C3(C)CC[C@@H]2C2(C)CC[C@@H](O)C[C@@H]12. The van der Waals surface area contributed by atoms with E-state index in [1.807, 2.05) is 0 Å². The zero-order valence-corrected chi connectivity index (χ0v) is 20.1. The minimum atomic E-state index is -0.431. The number of primary amides is 1. The van der Waals surface area contributed by atoms with Crippen molar-refractivity contribution in [2.75, 3.05) is 6.54 Å². The van der Waals surface area contributed by atoms with Gasteiger partial charge in [-0.1, -0.05) is 34.1 Å². The first kappa shape index (κ1) is 23.4. The minimum Gasteiger partial charge on any atom is -0.393 e. The number of aliphatic hydroxyl groups excluding tert-OH is 2. The van der Waals surface area contributed by atoms with Crippen LogP contribution >= 0.6 is 0 Å². The molecular formula is C26H46N2O3. The Bertz CT molecular complexity index is 671. The van der Waals surface area contributed by atoms with Crippen LogP contribution in [0.5, 0.6) is 0 Å². The van der Waals surface area contributed by atoms with E-state index < -0.39 is 6.03 Å². The second-order valence-corrected chi connectivity index (χ2v) is 12.2. The predicted octanol–water partition coefficient (Wildman–Crippen LogP) is 4.31. The van der Waals surface area contributed by atoms with Crippen LogP contribution in [-0.2, 0) is 0 Å². The van der Waals surface area contributed by atoms with Crippen LogP contribution in [0.4, 0.5) is 4.79 Å². The molecule has 0 aromatic carbocycles. The number of aliphatic hydroxyl groups is 2. The van der Waals surface area contributed by atoms with Gasteiger partial charge in [-0.2, -0.15) is 0 Å². The highest BCUT2D eigenvalue weighted by Gasteiger charge is 2.64. The van der Waals surface area contributed by atoms with E-state index in [2.05, 4.69) is 33.0 Å². The molecule has 0 bridgehead atoms. The van der Waals surface area contributed by atoms with E-state index in [-0.39, 0.29) is 23.0 Å². The molecule has 0 spiro atoms. The lowest BCUT2D eigenvalue weighted by atomic mass is 9.41. The first-order chi connectivity index (χ1) is 14.6. The van der Waals surface area contributed by atoms with Gasteiger partial charge < -0.3 is 21.3 Å². The molecule has 5 N–H and O–H groups in total. The lowest BCUT2D eigenvalue weighted by molar-refractivity contribution is -0.203. The van der Waals surface area contributed by atoms with Crippen LogP contribution in [0, 0.1) is 52.3 Å². The average Bonchev–Trinajstić information content (AvgIpc) is 3.06. The molecule has 5 heteroatoms. The van der Waals surface area contributed by atoms with Gasteiger partial charge in [0.25, 0.3) is 0 Å². The number of urea groups is 1. The smallest absolute Gasteiger partial charge is 0.312 e. The van der Waals surface area contributed by atoms with Crippen LogP contribution in [0.3, 0.4) is 0 Å². The Labute approximate surface area is 188 Å². The van der Waals surface area contributed by atoms with E-state index >= 15 is 0 Å². The van der Waals surface area contributed by atoms with Gasteiger partial charge in [-0.25, -0.2) is 4.79 Å². The molecule has 0 aromatic rings. The summed E-state index contributed by atoms with van der Waals surface area (Å²) in [5, 5.41) is 25.0. The average molecular weight is 435 g/mol. The highest BCUT2D eigenvalue weighted by Crippen LogP contribution is 2.69. The van der Waals surface area contributed by atoms with Crippen molar-refractivity contribution in [2.24, 2.45) is 58.0 Å². The third-order valence-corrected chi connectivity index (χ3v) is 11.0. The van der Waals surface area contributed by atoms with E-state index in [0.717, 1.165) is 32.1 Å². The van der Waals surface area contributed by atoms with Gasteiger partial charge in [0.05, 0.1) is 12.2 Å². The van der Waals surface area contributed by atoms with E-state index in [1.165, 1.54) is 25.7 Å². The summed E-state index contributed by atoms with van der Waals surface area (Å²) in [5.41, 5.74) is 5.81. The fourth-order valence-electron chi connectivity index (χ4n) is 9.56. The maximum absolute atomic E-state index is 11.7. The lowest BCUT2D eigenvalue weighted by Gasteiger charge is -2.64. The number of carbonyl (C=O) groups is 1. The molecule has 4 rings (SSSR count). The second-order valence-electron chi connectivity index (χ2n) is 12.2. The summed E-state index contributed by atoms with van der Waals surface area (Å²) in [6.45, 7) is 10.3. The van der Waals surface area contributed by atoms with Crippen molar-refractivity contribution in [3.05, 3.63) is 0 Å². The Hall–Kier alpha value is -0.810. The first-order valence-electron chi connectivity index (χ1n) is 13.0. The fraction of sp³-hybridized carbons (Fsp3) is 0.962. The summed E-state index contributed by atoms with van der Waals surface area (Å²) in [5.74, 6) is 3.56. The third kappa shape index (κ3) is 3.72. The quantitative estimate of drug-likeness (QED) is 0.519. The Morgan fingerprint density at radius 1 is 1.06 bits per heavy atom. The van der Waals surface area contributed by atoms with E-state index in [0.29, 0.717) is 48.0 Å². The van der Waals surface area contributed by atoms with Crippen LogP contribution < -0.4 is 11.1 Å². The van der Waals surface area contributed by atoms with Crippen molar-refractivity contribution in [1.29, 1.82) is 0 Å². The van der Waals surface area contributed by atoms with E-state index in [4.69, 9.17) is 5.73 Å². The predicted molar refractivity (Wildman–Crippen MR) is 123 cm³/mol. The summed E-state index contributed by atoms with van der Waals surface area (Å²) in [6.07, 6.45) is 9.44. The van der Waals surface area contributed by atoms with Crippen LogP contribution in [0.25, 0.3) is 0 Å². The molecule has 178 valence electrons. The molecule has 2 amide bonds. The van der Waals surface area contributed by atoms with Gasteiger partial charge in [0.2, 0.25) is 0 Å². The number of hydrogen-bond acceptors (Lipinski definition) is 3. The molecule has 4 aliphatic rings. The fourth-order valence-corrected chi connectivity index (χ4v) is 9.56. The topological polar surface area (TPSA) is 95.6 Å². The second kappa shape index (κ2) is 8.52. The number of fused-ring (bicyclic) bond motifs is 5. The van der Waals surface area contributed by atoms with Crippen molar-refractivity contribution in [3.8, 4) is 0 Å². The Balaban J connectivity index is 1.57. The van der Waals surface area contributed by atoms with E-state index in [9.17, 15) is 15.0 Å². The third-order valence-electron chi connectivity index (χ3n) is 11.0. The number of nitrogens with two attached hydrogens (primary N) is 1. The zero-order chi connectivity index (χ0) is 22.6. The molecule has 2 unspecified atom stereocenters. The van der Waals surface area contributed by atoms with Crippen LogP contribution in [0.15, 0.2) is 0 Å². The molecule has 4 aliphatic carbocycles.